The van der Waals surface area contributed by atoms with Gasteiger partial charge in [-0.05, 0) is 18.7 Å². The van der Waals surface area contributed by atoms with Crippen molar-refractivity contribution in [3.63, 3.8) is 0 Å². The minimum Gasteiger partial charge on any atom is -0.448 e. The van der Waals surface area contributed by atoms with E-state index in [0.717, 1.165) is 0 Å². The van der Waals surface area contributed by atoms with E-state index < -0.39 is 11.7 Å². The van der Waals surface area contributed by atoms with E-state index in [2.05, 4.69) is 15.3 Å². The normalized spacial score (nSPS) is 10.9. The Kier molecular flexibility index (Phi) is 4.29. The zero-order chi connectivity index (χ0) is 16.2. The molecule has 0 aliphatic carbocycles. The molecule has 118 valence electrons. The van der Waals surface area contributed by atoms with Gasteiger partial charge in [0.25, 0.3) is 5.91 Å². The van der Waals surface area contributed by atoms with E-state index >= 15 is 0 Å². The van der Waals surface area contributed by atoms with Crippen LogP contribution in [0.3, 0.4) is 0 Å². The lowest BCUT2D eigenvalue weighted by Gasteiger charge is -2.05. The molecule has 0 aliphatic rings. The van der Waals surface area contributed by atoms with Crippen molar-refractivity contribution in [2.75, 3.05) is 6.54 Å². The Labute approximate surface area is 131 Å². The monoisotopic (exact) mass is 314 g/mol. The van der Waals surface area contributed by atoms with E-state index in [4.69, 9.17) is 10.2 Å². The molecule has 0 saturated heterocycles. The molecular weight excluding hydrogens is 299 g/mol. The predicted molar refractivity (Wildman–Crippen MR) is 82.1 cm³/mol. The minimum atomic E-state index is -0.459. The molecule has 6 nitrogen and oxygen atoms in total. The third-order valence-electron chi connectivity index (χ3n) is 3.42. The first kappa shape index (κ1) is 15.1. The van der Waals surface area contributed by atoms with Gasteiger partial charge < -0.3 is 15.5 Å². The van der Waals surface area contributed by atoms with Gasteiger partial charge in [0.1, 0.15) is 28.5 Å². The minimum absolute atomic E-state index is 0.145. The van der Waals surface area contributed by atoms with Crippen LogP contribution in [0.15, 0.2) is 41.1 Å². The number of nitrogens with two attached hydrogens (primary N) is 1. The molecule has 0 radical (unpaired) electrons. The molecule has 1 aromatic carbocycles. The maximum atomic E-state index is 13.7. The smallest absolute Gasteiger partial charge is 0.270 e. The fourth-order valence-electron chi connectivity index (χ4n) is 2.26. The molecule has 7 heteroatoms. The van der Waals surface area contributed by atoms with Crippen molar-refractivity contribution in [2.24, 2.45) is 5.73 Å². The Hall–Kier alpha value is -2.80. The van der Waals surface area contributed by atoms with Crippen LogP contribution in [0.2, 0.25) is 0 Å². The van der Waals surface area contributed by atoms with Crippen molar-refractivity contribution < 1.29 is 13.6 Å². The van der Waals surface area contributed by atoms with Crippen molar-refractivity contribution in [3.05, 3.63) is 59.7 Å². The maximum Gasteiger partial charge on any atom is 0.270 e. The number of nitrogens with one attached hydrogen (secondary N) is 1. The molecule has 0 fully saturated rings. The Morgan fingerprint density at radius 3 is 3.00 bits per heavy atom. The lowest BCUT2D eigenvalue weighted by atomic mass is 10.2. The van der Waals surface area contributed by atoms with E-state index in [1.54, 1.807) is 24.3 Å². The maximum absolute atomic E-state index is 13.7. The summed E-state index contributed by atoms with van der Waals surface area (Å²) in [5, 5.41) is 3.34. The number of nitrogens with zero attached hydrogens (tertiary/aromatic N) is 2. The Bertz CT molecular complexity index is 847. The number of halogens is 1. The van der Waals surface area contributed by atoms with Crippen molar-refractivity contribution in [3.8, 4) is 0 Å². The zero-order valence-corrected chi connectivity index (χ0v) is 12.3. The van der Waals surface area contributed by atoms with E-state index in [9.17, 15) is 9.18 Å². The van der Waals surface area contributed by atoms with Crippen LogP contribution in [0, 0.1) is 5.82 Å². The number of benzene rings is 1. The van der Waals surface area contributed by atoms with Crippen molar-refractivity contribution in [1.82, 2.24) is 15.3 Å². The molecule has 23 heavy (non-hydrogen) atoms. The van der Waals surface area contributed by atoms with Crippen LogP contribution < -0.4 is 11.1 Å². The number of carbonyl (C=O) groups excluding carboxylic acids is 1. The highest BCUT2D eigenvalue weighted by Gasteiger charge is 2.13. The molecule has 1 amide bonds. The number of para-hydroxylation sites is 1. The van der Waals surface area contributed by atoms with Gasteiger partial charge in [-0.1, -0.05) is 18.2 Å². The van der Waals surface area contributed by atoms with Gasteiger partial charge in [-0.25, -0.2) is 14.4 Å². The molecule has 0 spiro atoms. The first-order chi connectivity index (χ1) is 11.2. The summed E-state index contributed by atoms with van der Waals surface area (Å²) in [6.07, 6.45) is 1.86. The van der Waals surface area contributed by atoms with Crippen LogP contribution in [-0.2, 0) is 13.0 Å². The first-order valence-electron chi connectivity index (χ1n) is 7.14. The summed E-state index contributed by atoms with van der Waals surface area (Å²) in [4.78, 5) is 20.3. The lowest BCUT2D eigenvalue weighted by Crippen LogP contribution is -2.24. The van der Waals surface area contributed by atoms with E-state index in [-0.39, 0.29) is 17.8 Å². The predicted octanol–water partition coefficient (Wildman–Crippen LogP) is 1.79. The fourth-order valence-corrected chi connectivity index (χ4v) is 2.26. The average Bonchev–Trinajstić information content (AvgIpc) is 3.00. The lowest BCUT2D eigenvalue weighted by molar-refractivity contribution is 0.0945. The Morgan fingerprint density at radius 1 is 1.30 bits per heavy atom. The van der Waals surface area contributed by atoms with Crippen LogP contribution >= 0.6 is 0 Å². The number of aromatic nitrogens is 2. The highest BCUT2D eigenvalue weighted by molar-refractivity contribution is 5.94. The number of hydrogen-bond acceptors (Lipinski definition) is 5. The zero-order valence-electron chi connectivity index (χ0n) is 12.3. The van der Waals surface area contributed by atoms with Gasteiger partial charge in [-0.2, -0.15) is 0 Å². The van der Waals surface area contributed by atoms with Crippen molar-refractivity contribution in [2.45, 2.75) is 13.0 Å². The first-order valence-corrected chi connectivity index (χ1v) is 7.14. The second-order valence-corrected chi connectivity index (χ2v) is 4.95. The summed E-state index contributed by atoms with van der Waals surface area (Å²) >= 11 is 0. The topological polar surface area (TPSA) is 94.0 Å². The summed E-state index contributed by atoms with van der Waals surface area (Å²) < 4.78 is 19.0. The van der Waals surface area contributed by atoms with Gasteiger partial charge in [-0.3, -0.25) is 4.79 Å². The third-order valence-corrected chi connectivity index (χ3v) is 3.42. The molecular formula is C16H15FN4O2. The average molecular weight is 314 g/mol. The molecule has 3 aromatic rings. The van der Waals surface area contributed by atoms with Crippen molar-refractivity contribution in [1.29, 1.82) is 0 Å². The molecule has 2 aromatic heterocycles. The number of carbonyl (C=O) groups is 1. The van der Waals surface area contributed by atoms with Gasteiger partial charge in [-0.15, -0.1) is 0 Å². The molecule has 2 heterocycles. The summed E-state index contributed by atoms with van der Waals surface area (Å²) in [5.41, 5.74) is 6.42. The molecule has 3 N–H and O–H groups in total. The summed E-state index contributed by atoms with van der Waals surface area (Å²) in [6.45, 7) is 0.628. The highest BCUT2D eigenvalue weighted by Crippen LogP contribution is 2.16. The van der Waals surface area contributed by atoms with Crippen LogP contribution in [0.4, 0.5) is 4.39 Å². The van der Waals surface area contributed by atoms with E-state index in [1.807, 2.05) is 0 Å². The van der Waals surface area contributed by atoms with Crippen LogP contribution in [0.25, 0.3) is 10.9 Å². The van der Waals surface area contributed by atoms with Gasteiger partial charge >= 0.3 is 0 Å². The van der Waals surface area contributed by atoms with Crippen LogP contribution in [0.5, 0.6) is 0 Å². The van der Waals surface area contributed by atoms with Gasteiger partial charge in [0.15, 0.2) is 6.39 Å². The number of hydrogen-bond donors (Lipinski definition) is 2. The van der Waals surface area contributed by atoms with Crippen LogP contribution in [-0.4, -0.2) is 22.4 Å². The number of amides is 1. The number of rotatable bonds is 5. The highest BCUT2D eigenvalue weighted by atomic mass is 19.1. The summed E-state index contributed by atoms with van der Waals surface area (Å²) in [5.74, 6) is -0.221. The molecule has 0 bridgehead atoms. The molecule has 0 aliphatic heterocycles. The largest absolute Gasteiger partial charge is 0.448 e. The second-order valence-electron chi connectivity index (χ2n) is 4.95. The van der Waals surface area contributed by atoms with E-state index in [1.165, 1.54) is 12.5 Å². The van der Waals surface area contributed by atoms with E-state index in [0.29, 0.717) is 29.8 Å². The number of pyridine rings is 1. The summed E-state index contributed by atoms with van der Waals surface area (Å²) in [7, 11) is 0. The standard InChI is InChI=1S/C16H15FN4O2/c17-11-3-1-2-10-4-5-12(21-15(10)11)16(22)19-8-13-14(6-7-18)23-9-20-13/h1-5,9H,6-8,18H2,(H,19,22). The quantitative estimate of drug-likeness (QED) is 0.749. The number of fused-ring (bicyclic) bond motifs is 1. The van der Waals surface area contributed by atoms with Gasteiger partial charge in [0, 0.05) is 11.8 Å². The fraction of sp³-hybridized carbons (Fsp3) is 0.188. The molecule has 0 unspecified atom stereocenters. The number of oxazole rings is 1. The molecule has 0 saturated carbocycles. The Balaban J connectivity index is 1.75. The Morgan fingerprint density at radius 2 is 2.17 bits per heavy atom. The SMILES string of the molecule is NCCc1ocnc1CNC(=O)c1ccc2cccc(F)c2n1. The summed E-state index contributed by atoms with van der Waals surface area (Å²) in [6, 6.07) is 7.87. The molecule has 3 rings (SSSR count). The molecule has 0 atom stereocenters. The van der Waals surface area contributed by atoms with Crippen molar-refractivity contribution >= 4 is 16.8 Å². The third kappa shape index (κ3) is 3.19. The van der Waals surface area contributed by atoms with Crippen LogP contribution in [0.1, 0.15) is 21.9 Å². The van der Waals surface area contributed by atoms with Gasteiger partial charge in [0.05, 0.1) is 6.54 Å². The van der Waals surface area contributed by atoms with Gasteiger partial charge in [0.2, 0.25) is 0 Å². The second kappa shape index (κ2) is 6.53.